The fourth-order valence-corrected chi connectivity index (χ4v) is 2.24. The van der Waals surface area contributed by atoms with E-state index in [0.717, 1.165) is 16.1 Å². The molecule has 1 atom stereocenters. The molecule has 0 unspecified atom stereocenters. The largest absolute Gasteiger partial charge is 0.374 e. The Balaban J connectivity index is 1.88. The molecule has 1 heterocycles. The predicted octanol–water partition coefficient (Wildman–Crippen LogP) is 3.01. The van der Waals surface area contributed by atoms with Gasteiger partial charge in [0.2, 0.25) is 0 Å². The van der Waals surface area contributed by atoms with Crippen LogP contribution < -0.4 is 10.7 Å². The van der Waals surface area contributed by atoms with Crippen molar-refractivity contribution in [1.29, 1.82) is 0 Å². The number of nitrogens with one attached hydrogen (secondary N) is 2. The molecule has 1 aromatic carbocycles. The van der Waals surface area contributed by atoms with E-state index in [0.29, 0.717) is 0 Å². The highest BCUT2D eigenvalue weighted by Crippen LogP contribution is 2.14. The van der Waals surface area contributed by atoms with E-state index in [2.05, 4.69) is 15.8 Å². The number of nitrogens with zero attached hydrogens (tertiary/aromatic N) is 1. The summed E-state index contributed by atoms with van der Waals surface area (Å²) in [5.74, 6) is -0.166. The van der Waals surface area contributed by atoms with E-state index in [1.165, 1.54) is 0 Å². The number of carbonyl (C=O) groups is 1. The molecular weight excluding hydrogens is 270 g/mol. The minimum absolute atomic E-state index is 0.166. The van der Waals surface area contributed by atoms with Gasteiger partial charge in [-0.2, -0.15) is 5.10 Å². The summed E-state index contributed by atoms with van der Waals surface area (Å²) < 4.78 is 0. The zero-order valence-corrected chi connectivity index (χ0v) is 12.3. The summed E-state index contributed by atoms with van der Waals surface area (Å²) in [6.45, 7) is 3.81. The van der Waals surface area contributed by atoms with E-state index in [1.54, 1.807) is 17.6 Å². The zero-order valence-electron chi connectivity index (χ0n) is 11.5. The lowest BCUT2D eigenvalue weighted by atomic mass is 10.2. The average Bonchev–Trinajstić information content (AvgIpc) is 2.94. The summed E-state index contributed by atoms with van der Waals surface area (Å²) in [7, 11) is 0. The Morgan fingerprint density at radius 2 is 2.10 bits per heavy atom. The fourth-order valence-electron chi connectivity index (χ4n) is 1.65. The Kier molecular flexibility index (Phi) is 4.90. The van der Waals surface area contributed by atoms with Crippen molar-refractivity contribution in [1.82, 2.24) is 5.43 Å². The first-order chi connectivity index (χ1) is 9.66. The van der Waals surface area contributed by atoms with Gasteiger partial charge >= 0.3 is 0 Å². The Morgan fingerprint density at radius 3 is 2.80 bits per heavy atom. The minimum Gasteiger partial charge on any atom is -0.374 e. The number of hydrogen-bond donors (Lipinski definition) is 2. The van der Waals surface area contributed by atoms with E-state index in [1.807, 2.05) is 55.6 Å². The maximum atomic E-state index is 11.9. The molecule has 1 amide bonds. The Bertz CT molecular complexity index is 593. The van der Waals surface area contributed by atoms with Crippen molar-refractivity contribution in [3.8, 4) is 0 Å². The molecule has 0 bridgehead atoms. The third kappa shape index (κ3) is 3.93. The quantitative estimate of drug-likeness (QED) is 0.656. The monoisotopic (exact) mass is 287 g/mol. The highest BCUT2D eigenvalue weighted by molar-refractivity contribution is 7.11. The zero-order chi connectivity index (χ0) is 14.4. The molecule has 0 fully saturated rings. The van der Waals surface area contributed by atoms with E-state index >= 15 is 0 Å². The summed E-state index contributed by atoms with van der Waals surface area (Å²) >= 11 is 1.57. The SMILES string of the molecule is Cc1ccccc1N[C@@H](C)C(=O)N/N=C\c1cccs1. The molecule has 0 aliphatic carbocycles. The van der Waals surface area contributed by atoms with E-state index in [4.69, 9.17) is 0 Å². The molecule has 0 saturated carbocycles. The number of para-hydroxylation sites is 1. The number of amides is 1. The van der Waals surface area contributed by atoms with Gasteiger partial charge in [-0.05, 0) is 36.9 Å². The lowest BCUT2D eigenvalue weighted by molar-refractivity contribution is -0.121. The Labute approximate surface area is 122 Å². The number of carbonyl (C=O) groups excluding carboxylic acids is 1. The lowest BCUT2D eigenvalue weighted by Gasteiger charge is -2.15. The van der Waals surface area contributed by atoms with Crippen molar-refractivity contribution in [3.05, 3.63) is 52.2 Å². The van der Waals surface area contributed by atoms with Gasteiger partial charge in [-0.3, -0.25) is 4.79 Å². The molecule has 0 saturated heterocycles. The standard InChI is InChI=1S/C15H17N3OS/c1-11-6-3-4-8-14(11)17-12(2)15(19)18-16-10-13-7-5-9-20-13/h3-10,12,17H,1-2H3,(H,18,19)/b16-10-/t12-/m0/s1. The third-order valence-corrected chi connectivity index (χ3v) is 3.63. The average molecular weight is 287 g/mol. The first kappa shape index (κ1) is 14.3. The van der Waals surface area contributed by atoms with Gasteiger partial charge in [-0.1, -0.05) is 24.3 Å². The molecule has 2 aromatic rings. The van der Waals surface area contributed by atoms with Crippen LogP contribution in [-0.2, 0) is 4.79 Å². The lowest BCUT2D eigenvalue weighted by Crippen LogP contribution is -2.35. The van der Waals surface area contributed by atoms with Crippen LogP contribution in [0.3, 0.4) is 0 Å². The number of anilines is 1. The molecule has 0 spiro atoms. The predicted molar refractivity (Wildman–Crippen MR) is 84.3 cm³/mol. The molecule has 1 aromatic heterocycles. The number of benzene rings is 1. The molecule has 2 N–H and O–H groups in total. The van der Waals surface area contributed by atoms with Crippen molar-refractivity contribution in [2.75, 3.05) is 5.32 Å². The van der Waals surface area contributed by atoms with Crippen molar-refractivity contribution < 1.29 is 4.79 Å². The highest BCUT2D eigenvalue weighted by Gasteiger charge is 2.12. The van der Waals surface area contributed by atoms with Gasteiger partial charge in [-0.15, -0.1) is 11.3 Å². The molecule has 0 aliphatic heterocycles. The van der Waals surface area contributed by atoms with Crippen LogP contribution in [0, 0.1) is 6.92 Å². The first-order valence-electron chi connectivity index (χ1n) is 6.35. The number of thiophene rings is 1. The molecular formula is C15H17N3OS. The maximum absolute atomic E-state index is 11.9. The number of aryl methyl sites for hydroxylation is 1. The summed E-state index contributed by atoms with van der Waals surface area (Å²) in [6.07, 6.45) is 1.64. The summed E-state index contributed by atoms with van der Waals surface area (Å²) in [6, 6.07) is 11.4. The van der Waals surface area contributed by atoms with E-state index in [-0.39, 0.29) is 11.9 Å². The van der Waals surface area contributed by atoms with Gasteiger partial charge in [-0.25, -0.2) is 5.43 Å². The van der Waals surface area contributed by atoms with E-state index < -0.39 is 0 Å². The van der Waals surface area contributed by atoms with Crippen molar-refractivity contribution in [2.24, 2.45) is 5.10 Å². The Hall–Kier alpha value is -2.14. The fraction of sp³-hybridized carbons (Fsp3) is 0.200. The summed E-state index contributed by atoms with van der Waals surface area (Å²) in [5, 5.41) is 9.08. The second kappa shape index (κ2) is 6.86. The van der Waals surface area contributed by atoms with Crippen LogP contribution in [-0.4, -0.2) is 18.2 Å². The minimum atomic E-state index is -0.350. The molecule has 2 rings (SSSR count). The van der Waals surface area contributed by atoms with Gasteiger partial charge in [0.1, 0.15) is 6.04 Å². The topological polar surface area (TPSA) is 53.5 Å². The molecule has 0 aliphatic rings. The van der Waals surface area contributed by atoms with Crippen LogP contribution in [0.15, 0.2) is 46.9 Å². The van der Waals surface area contributed by atoms with Crippen molar-refractivity contribution in [3.63, 3.8) is 0 Å². The second-order valence-electron chi connectivity index (χ2n) is 4.43. The third-order valence-electron chi connectivity index (χ3n) is 2.82. The molecule has 5 heteroatoms. The van der Waals surface area contributed by atoms with Crippen LogP contribution in [0.25, 0.3) is 0 Å². The van der Waals surface area contributed by atoms with Gasteiger partial charge in [0.15, 0.2) is 0 Å². The van der Waals surface area contributed by atoms with Gasteiger partial charge < -0.3 is 5.32 Å². The maximum Gasteiger partial charge on any atom is 0.262 e. The number of hydrogen-bond acceptors (Lipinski definition) is 4. The summed E-state index contributed by atoms with van der Waals surface area (Å²) in [5.41, 5.74) is 4.60. The van der Waals surface area contributed by atoms with Crippen LogP contribution in [0.2, 0.25) is 0 Å². The van der Waals surface area contributed by atoms with Crippen LogP contribution in [0.5, 0.6) is 0 Å². The summed E-state index contributed by atoms with van der Waals surface area (Å²) in [4.78, 5) is 12.9. The van der Waals surface area contributed by atoms with Crippen molar-refractivity contribution >= 4 is 29.1 Å². The van der Waals surface area contributed by atoms with Crippen LogP contribution in [0.4, 0.5) is 5.69 Å². The number of rotatable bonds is 5. The molecule has 4 nitrogen and oxygen atoms in total. The van der Waals surface area contributed by atoms with Crippen molar-refractivity contribution in [2.45, 2.75) is 19.9 Å². The molecule has 104 valence electrons. The normalized spacial score (nSPS) is 12.3. The van der Waals surface area contributed by atoms with Crippen LogP contribution >= 0.6 is 11.3 Å². The van der Waals surface area contributed by atoms with E-state index in [9.17, 15) is 4.79 Å². The smallest absolute Gasteiger partial charge is 0.262 e. The highest BCUT2D eigenvalue weighted by atomic mass is 32.1. The molecule has 0 radical (unpaired) electrons. The molecule has 20 heavy (non-hydrogen) atoms. The second-order valence-corrected chi connectivity index (χ2v) is 5.41. The first-order valence-corrected chi connectivity index (χ1v) is 7.23. The van der Waals surface area contributed by atoms with Gasteiger partial charge in [0.25, 0.3) is 5.91 Å². The Morgan fingerprint density at radius 1 is 1.30 bits per heavy atom. The van der Waals surface area contributed by atoms with Gasteiger partial charge in [0.05, 0.1) is 6.21 Å². The van der Waals surface area contributed by atoms with Gasteiger partial charge in [0, 0.05) is 10.6 Å². The van der Waals surface area contributed by atoms with Crippen LogP contribution in [0.1, 0.15) is 17.4 Å². The number of hydrazone groups is 1.